The Balaban J connectivity index is 1.63. The van der Waals surface area contributed by atoms with E-state index in [2.05, 4.69) is 26.5 Å². The van der Waals surface area contributed by atoms with Crippen molar-refractivity contribution in [1.29, 1.82) is 0 Å². The van der Waals surface area contributed by atoms with Crippen LogP contribution in [0.3, 0.4) is 0 Å². The second-order valence-corrected chi connectivity index (χ2v) is 8.68. The van der Waals surface area contributed by atoms with Crippen LogP contribution in [0.15, 0.2) is 88.4 Å². The minimum Gasteiger partial charge on any atom is -0.422 e. The highest BCUT2D eigenvalue weighted by molar-refractivity contribution is 9.10. The molecule has 0 aromatic heterocycles. The molecule has 33 heavy (non-hydrogen) atoms. The van der Waals surface area contributed by atoms with Crippen molar-refractivity contribution in [1.82, 2.24) is 5.43 Å². The first-order valence-corrected chi connectivity index (χ1v) is 11.3. The Hall–Kier alpha value is -3.19. The number of halogens is 3. The lowest BCUT2D eigenvalue weighted by atomic mass is 10.0. The Morgan fingerprint density at radius 3 is 2.45 bits per heavy atom. The molecule has 0 spiro atoms. The van der Waals surface area contributed by atoms with Crippen LogP contribution in [-0.2, 0) is 0 Å². The highest BCUT2D eigenvalue weighted by atomic mass is 79.9. The fraction of sp³-hybridized carbons (Fsp3) is 0. The molecule has 8 heteroatoms. The quantitative estimate of drug-likeness (QED) is 0.129. The molecule has 0 heterocycles. The van der Waals surface area contributed by atoms with Crippen molar-refractivity contribution in [2.45, 2.75) is 0 Å². The van der Waals surface area contributed by atoms with E-state index in [4.69, 9.17) is 27.9 Å². The lowest BCUT2D eigenvalue weighted by Crippen LogP contribution is -2.17. The average molecular weight is 542 g/mol. The minimum atomic E-state index is -0.638. The first kappa shape index (κ1) is 23.0. The Labute approximate surface area is 208 Å². The van der Waals surface area contributed by atoms with Crippen LogP contribution in [0, 0.1) is 0 Å². The zero-order valence-electron chi connectivity index (χ0n) is 16.9. The van der Waals surface area contributed by atoms with Gasteiger partial charge in [-0.3, -0.25) is 4.79 Å². The molecule has 1 amide bonds. The largest absolute Gasteiger partial charge is 0.422 e. The molecular formula is C25H15BrCl2N2O3. The van der Waals surface area contributed by atoms with Crippen LogP contribution in [0.2, 0.25) is 10.0 Å². The third-order valence-electron chi connectivity index (χ3n) is 4.75. The molecule has 5 nitrogen and oxygen atoms in total. The van der Waals surface area contributed by atoms with Crippen LogP contribution in [0.5, 0.6) is 5.75 Å². The number of carbonyl (C=O) groups excluding carboxylic acids is 2. The van der Waals surface area contributed by atoms with Gasteiger partial charge in [0.25, 0.3) is 5.91 Å². The van der Waals surface area contributed by atoms with Gasteiger partial charge in [0.2, 0.25) is 0 Å². The summed E-state index contributed by atoms with van der Waals surface area (Å²) < 4.78 is 6.51. The van der Waals surface area contributed by atoms with Crippen LogP contribution >= 0.6 is 39.1 Å². The molecular weight excluding hydrogens is 527 g/mol. The molecule has 0 radical (unpaired) electrons. The number of nitrogens with one attached hydrogen (secondary N) is 1. The second-order valence-electron chi connectivity index (χ2n) is 6.92. The molecule has 1 N–H and O–H groups in total. The maximum absolute atomic E-state index is 12.8. The van der Waals surface area contributed by atoms with Crippen molar-refractivity contribution in [3.63, 3.8) is 0 Å². The van der Waals surface area contributed by atoms with E-state index < -0.39 is 5.97 Å². The number of hydrogen-bond donors (Lipinski definition) is 1. The summed E-state index contributed by atoms with van der Waals surface area (Å²) >= 11 is 15.4. The summed E-state index contributed by atoms with van der Waals surface area (Å²) in [7, 11) is 0. The van der Waals surface area contributed by atoms with Gasteiger partial charge >= 0.3 is 5.97 Å². The molecule has 0 saturated heterocycles. The minimum absolute atomic E-state index is 0.181. The van der Waals surface area contributed by atoms with Crippen LogP contribution in [0.4, 0.5) is 0 Å². The Morgan fingerprint density at radius 2 is 1.70 bits per heavy atom. The molecule has 0 aliphatic carbocycles. The predicted molar refractivity (Wildman–Crippen MR) is 135 cm³/mol. The number of carbonyl (C=O) groups is 2. The molecule has 4 rings (SSSR count). The zero-order valence-corrected chi connectivity index (χ0v) is 20.0. The summed E-state index contributed by atoms with van der Waals surface area (Å²) in [4.78, 5) is 25.1. The number of fused-ring (bicyclic) bond motifs is 1. The molecule has 0 aliphatic rings. The number of rotatable bonds is 5. The molecule has 0 unspecified atom stereocenters. The SMILES string of the molecule is O=C(N/N=C\c1c(OC(=O)c2ccc(Cl)cc2Cl)ccc2ccccc12)c1ccc(Br)cc1. The monoisotopic (exact) mass is 540 g/mol. The fourth-order valence-corrected chi connectivity index (χ4v) is 3.88. The van der Waals surface area contributed by atoms with Gasteiger partial charge in [0.1, 0.15) is 5.75 Å². The van der Waals surface area contributed by atoms with Crippen molar-refractivity contribution in [3.05, 3.63) is 110 Å². The van der Waals surface area contributed by atoms with Crippen molar-refractivity contribution >= 4 is 68.0 Å². The normalized spacial score (nSPS) is 11.0. The van der Waals surface area contributed by atoms with Crippen molar-refractivity contribution in [3.8, 4) is 5.75 Å². The molecule has 0 atom stereocenters. The van der Waals surface area contributed by atoms with Crippen molar-refractivity contribution < 1.29 is 14.3 Å². The van der Waals surface area contributed by atoms with Gasteiger partial charge < -0.3 is 4.74 Å². The smallest absolute Gasteiger partial charge is 0.345 e. The predicted octanol–water partition coefficient (Wildman–Crippen LogP) is 6.89. The summed E-state index contributed by atoms with van der Waals surface area (Å²) in [5, 5.41) is 6.40. The van der Waals surface area contributed by atoms with E-state index >= 15 is 0 Å². The van der Waals surface area contributed by atoms with Crippen LogP contribution in [0.25, 0.3) is 10.8 Å². The van der Waals surface area contributed by atoms with Crippen molar-refractivity contribution in [2.75, 3.05) is 0 Å². The molecule has 4 aromatic carbocycles. The fourth-order valence-electron chi connectivity index (χ4n) is 3.13. The molecule has 4 aromatic rings. The highest BCUT2D eigenvalue weighted by Gasteiger charge is 2.16. The van der Waals surface area contributed by atoms with Gasteiger partial charge in [0.05, 0.1) is 16.8 Å². The van der Waals surface area contributed by atoms with E-state index in [1.54, 1.807) is 36.4 Å². The van der Waals surface area contributed by atoms with Crippen LogP contribution < -0.4 is 10.2 Å². The van der Waals surface area contributed by atoms with E-state index in [1.165, 1.54) is 18.3 Å². The van der Waals surface area contributed by atoms with Crippen LogP contribution in [0.1, 0.15) is 26.3 Å². The van der Waals surface area contributed by atoms with Gasteiger partial charge in [-0.25, -0.2) is 10.2 Å². The molecule has 0 fully saturated rings. The summed E-state index contributed by atoms with van der Waals surface area (Å²) in [5.41, 5.74) is 3.67. The number of amides is 1. The number of ether oxygens (including phenoxy) is 1. The summed E-state index contributed by atoms with van der Waals surface area (Å²) in [5.74, 6) is -0.739. The number of nitrogens with zero attached hydrogens (tertiary/aromatic N) is 1. The van der Waals surface area contributed by atoms with Gasteiger partial charge in [-0.15, -0.1) is 0 Å². The third-order valence-corrected chi connectivity index (χ3v) is 5.83. The summed E-state index contributed by atoms with van der Waals surface area (Å²) in [6.07, 6.45) is 1.45. The Kier molecular flexibility index (Phi) is 7.08. The van der Waals surface area contributed by atoms with Gasteiger partial charge in [-0.2, -0.15) is 5.10 Å². The second kappa shape index (κ2) is 10.2. The first-order chi connectivity index (χ1) is 15.9. The van der Waals surface area contributed by atoms with Gasteiger partial charge in [-0.1, -0.05) is 69.5 Å². The average Bonchev–Trinajstić information content (AvgIpc) is 2.80. The maximum atomic E-state index is 12.8. The number of hydrogen-bond acceptors (Lipinski definition) is 4. The topological polar surface area (TPSA) is 67.8 Å². The van der Waals surface area contributed by atoms with Gasteiger partial charge in [0, 0.05) is 20.6 Å². The lowest BCUT2D eigenvalue weighted by Gasteiger charge is -2.11. The van der Waals surface area contributed by atoms with Gasteiger partial charge in [0.15, 0.2) is 0 Å². The number of benzene rings is 4. The van der Waals surface area contributed by atoms with E-state index in [-0.39, 0.29) is 22.2 Å². The van der Waals surface area contributed by atoms with Gasteiger partial charge in [-0.05, 0) is 59.3 Å². The van der Waals surface area contributed by atoms with E-state index in [0.29, 0.717) is 16.1 Å². The molecule has 0 bridgehead atoms. The lowest BCUT2D eigenvalue weighted by molar-refractivity contribution is 0.0734. The third kappa shape index (κ3) is 5.42. The maximum Gasteiger partial charge on any atom is 0.345 e. The standard InChI is InChI=1S/C25H15BrCl2N2O3/c26-17-8-5-16(6-9-17)24(31)30-29-14-21-19-4-2-1-3-15(19)7-12-23(21)33-25(32)20-11-10-18(27)13-22(20)28/h1-14H,(H,30,31)/b29-14-. The summed E-state index contributed by atoms with van der Waals surface area (Å²) in [6.45, 7) is 0. The molecule has 0 aliphatic heterocycles. The van der Waals surface area contributed by atoms with Crippen molar-refractivity contribution in [2.24, 2.45) is 5.10 Å². The number of hydrazone groups is 1. The van der Waals surface area contributed by atoms with E-state index in [9.17, 15) is 9.59 Å². The zero-order chi connectivity index (χ0) is 23.4. The Morgan fingerprint density at radius 1 is 0.939 bits per heavy atom. The van der Waals surface area contributed by atoms with E-state index in [0.717, 1.165) is 15.2 Å². The highest BCUT2D eigenvalue weighted by Crippen LogP contribution is 2.29. The number of esters is 1. The Bertz CT molecular complexity index is 1390. The summed E-state index contributed by atoms with van der Waals surface area (Å²) in [6, 6.07) is 22.5. The first-order valence-electron chi connectivity index (χ1n) is 9.70. The van der Waals surface area contributed by atoms with E-state index in [1.807, 2.05) is 30.3 Å². The van der Waals surface area contributed by atoms with Crippen LogP contribution in [-0.4, -0.2) is 18.1 Å². The molecule has 164 valence electrons. The molecule has 0 saturated carbocycles.